The molecule has 0 saturated carbocycles. The topological polar surface area (TPSA) is 96.8 Å². The van der Waals surface area contributed by atoms with Crippen molar-refractivity contribution >= 4 is 23.1 Å². The van der Waals surface area contributed by atoms with Crippen LogP contribution in [0.1, 0.15) is 79.4 Å². The van der Waals surface area contributed by atoms with E-state index in [0.29, 0.717) is 29.5 Å². The lowest BCUT2D eigenvalue weighted by Gasteiger charge is -2.26. The van der Waals surface area contributed by atoms with Crippen LogP contribution in [-0.2, 0) is 11.2 Å². The maximum atomic E-state index is 13.8. The number of nitrogens with zero attached hydrogens (tertiary/aromatic N) is 2. The molecule has 0 radical (unpaired) electrons. The summed E-state index contributed by atoms with van der Waals surface area (Å²) in [5.41, 5.74) is 4.31. The van der Waals surface area contributed by atoms with Gasteiger partial charge in [0.15, 0.2) is 5.78 Å². The molecule has 0 fully saturated rings. The summed E-state index contributed by atoms with van der Waals surface area (Å²) in [6.07, 6.45) is 7.63. The molecule has 8 heteroatoms. The van der Waals surface area contributed by atoms with Crippen LogP contribution in [0.2, 0.25) is 5.02 Å². The van der Waals surface area contributed by atoms with Gasteiger partial charge < -0.3 is 14.6 Å². The van der Waals surface area contributed by atoms with E-state index < -0.39 is 5.60 Å². The predicted octanol–water partition coefficient (Wildman–Crippen LogP) is 7.94. The third-order valence-electron chi connectivity index (χ3n) is 7.55. The van der Waals surface area contributed by atoms with Crippen LogP contribution in [0.15, 0.2) is 65.0 Å². The zero-order valence-electron chi connectivity index (χ0n) is 26.7. The number of H-pyrrole nitrogens is 1. The number of halogens is 1. The minimum absolute atomic E-state index is 0.0114. The van der Waals surface area contributed by atoms with Crippen LogP contribution < -0.4 is 9.47 Å². The van der Waals surface area contributed by atoms with E-state index in [0.717, 1.165) is 46.6 Å². The van der Waals surface area contributed by atoms with Crippen molar-refractivity contribution in [2.75, 3.05) is 13.7 Å². The molecule has 2 N–H and O–H groups in total. The second-order valence-corrected chi connectivity index (χ2v) is 12.0. The third kappa shape index (κ3) is 9.43. The summed E-state index contributed by atoms with van der Waals surface area (Å²) in [6.45, 7) is 20.4. The number of carbonyl (C=O) groups is 1. The average Bonchev–Trinajstić information content (AvgIpc) is 3.44. The number of nitrogens with one attached hydrogen (secondary N) is 1. The largest absolute Gasteiger partial charge is 0.493 e. The van der Waals surface area contributed by atoms with Crippen molar-refractivity contribution in [1.29, 1.82) is 0 Å². The summed E-state index contributed by atoms with van der Waals surface area (Å²) in [7, 11) is 1.60. The van der Waals surface area contributed by atoms with Gasteiger partial charge in [-0.2, -0.15) is 5.10 Å². The molecule has 2 aromatic rings. The Morgan fingerprint density at radius 2 is 1.98 bits per heavy atom. The number of hydrogen-bond acceptors (Lipinski definition) is 6. The molecule has 2 unspecified atom stereocenters. The van der Waals surface area contributed by atoms with Gasteiger partial charge in [-0.1, -0.05) is 58.9 Å². The van der Waals surface area contributed by atoms with E-state index >= 15 is 0 Å². The summed E-state index contributed by atoms with van der Waals surface area (Å²) >= 11 is 6.19. The fourth-order valence-corrected chi connectivity index (χ4v) is 4.42. The maximum Gasteiger partial charge on any atom is 0.218 e. The van der Waals surface area contributed by atoms with Crippen LogP contribution in [0.5, 0.6) is 11.6 Å². The van der Waals surface area contributed by atoms with E-state index in [4.69, 9.17) is 31.2 Å². The van der Waals surface area contributed by atoms with Gasteiger partial charge in [0.1, 0.15) is 5.75 Å². The van der Waals surface area contributed by atoms with E-state index in [2.05, 4.69) is 44.5 Å². The Kier molecular flexibility index (Phi) is 13.3. The smallest absolute Gasteiger partial charge is 0.218 e. The van der Waals surface area contributed by atoms with Crippen LogP contribution in [0.25, 0.3) is 0 Å². The maximum absolute atomic E-state index is 13.8. The number of ether oxygens (including phenoxy) is 2. The number of carbonyl (C=O) groups excluding carboxylic acids is 1. The summed E-state index contributed by atoms with van der Waals surface area (Å²) < 4.78 is 11.4. The Labute approximate surface area is 256 Å². The van der Waals surface area contributed by atoms with Crippen molar-refractivity contribution in [3.8, 4) is 11.6 Å². The van der Waals surface area contributed by atoms with Gasteiger partial charge >= 0.3 is 0 Å². The first-order valence-corrected chi connectivity index (χ1v) is 15.0. The Morgan fingerprint density at radius 1 is 1.31 bits per heavy atom. The van der Waals surface area contributed by atoms with Crippen molar-refractivity contribution in [2.45, 2.75) is 80.3 Å². The van der Waals surface area contributed by atoms with Gasteiger partial charge in [0.2, 0.25) is 5.88 Å². The SMILES string of the molecule is C=C(C(=C\N=C(c1cn[nH]c1OC)C(C)CC)/C(=C\C)C(=O)C1COc2ccc(Cl)cc2C1)C(C)C.CCC(C)(C)O. The molecule has 0 bridgehead atoms. The molecule has 0 amide bonds. The highest BCUT2D eigenvalue weighted by molar-refractivity contribution is 6.30. The Bertz CT molecular complexity index is 1310. The summed E-state index contributed by atoms with van der Waals surface area (Å²) in [6, 6.07) is 5.53. The van der Waals surface area contributed by atoms with Gasteiger partial charge in [0, 0.05) is 22.4 Å². The number of Topliss-reactive ketones (excluding diaryl/α,β-unsaturated/α-hetero) is 1. The summed E-state index contributed by atoms with van der Waals surface area (Å²) in [4.78, 5) is 18.7. The molecular weight excluding hydrogens is 550 g/mol. The number of aliphatic hydroxyl groups is 1. The lowest BCUT2D eigenvalue weighted by Crippen LogP contribution is -2.30. The minimum atomic E-state index is -0.458. The van der Waals surface area contributed by atoms with Gasteiger partial charge in [0.25, 0.3) is 0 Å². The molecule has 1 aliphatic heterocycles. The van der Waals surface area contributed by atoms with E-state index in [-0.39, 0.29) is 23.5 Å². The Hall–Kier alpha value is -3.16. The summed E-state index contributed by atoms with van der Waals surface area (Å²) in [5, 5.41) is 16.5. The molecule has 7 nitrogen and oxygen atoms in total. The number of methoxy groups -OCH3 is 1. The zero-order valence-corrected chi connectivity index (χ0v) is 27.4. The first-order valence-electron chi connectivity index (χ1n) is 14.7. The van der Waals surface area contributed by atoms with E-state index in [1.54, 1.807) is 39.4 Å². The fraction of sp³-hybridized carbons (Fsp3) is 0.500. The van der Waals surface area contributed by atoms with Crippen LogP contribution in [0.4, 0.5) is 0 Å². The molecule has 2 atom stereocenters. The molecule has 3 rings (SSSR count). The van der Waals surface area contributed by atoms with Crippen LogP contribution >= 0.6 is 11.6 Å². The standard InChI is InChI=1S/C29H36ClN3O3.C5H12O/c1-8-18(5)27(25-15-32-33-29(25)35-7)31-14-24(19(6)17(3)4)23(9-2)28(34)21-12-20-13-22(30)10-11-26(20)36-16-21;1-4-5(2,3)6/h9-11,13-15,17-18,21H,6,8,12,16H2,1-5,7H3,(H,32,33);6H,4H2,1-3H3/b23-9+,24-14+,31-27?;. The number of aromatic nitrogens is 2. The number of hydrogen-bond donors (Lipinski definition) is 2. The van der Waals surface area contributed by atoms with Gasteiger partial charge in [-0.05, 0) is 81.2 Å². The van der Waals surface area contributed by atoms with Crippen molar-refractivity contribution in [2.24, 2.45) is 22.7 Å². The van der Waals surface area contributed by atoms with Gasteiger partial charge in [-0.25, -0.2) is 5.10 Å². The van der Waals surface area contributed by atoms with Crippen molar-refractivity contribution in [3.05, 3.63) is 76.1 Å². The van der Waals surface area contributed by atoms with E-state index in [1.807, 2.05) is 32.1 Å². The van der Waals surface area contributed by atoms with Crippen LogP contribution in [0.3, 0.4) is 0 Å². The fourth-order valence-electron chi connectivity index (χ4n) is 4.22. The second kappa shape index (κ2) is 15.9. The lowest BCUT2D eigenvalue weighted by molar-refractivity contribution is -0.120. The number of allylic oxidation sites excluding steroid dienone is 4. The van der Waals surface area contributed by atoms with E-state index in [9.17, 15) is 4.79 Å². The number of ketones is 1. The quantitative estimate of drug-likeness (QED) is 0.156. The molecule has 1 aromatic carbocycles. The second-order valence-electron chi connectivity index (χ2n) is 11.6. The molecule has 0 aliphatic carbocycles. The molecule has 2 heterocycles. The first kappa shape index (κ1) is 35.0. The molecule has 1 aliphatic rings. The minimum Gasteiger partial charge on any atom is -0.493 e. The highest BCUT2D eigenvalue weighted by Gasteiger charge is 2.30. The van der Waals surface area contributed by atoms with Crippen molar-refractivity contribution < 1.29 is 19.4 Å². The third-order valence-corrected chi connectivity index (χ3v) is 7.78. The number of fused-ring (bicyclic) bond motifs is 1. The molecular formula is C34H48ClN3O4. The monoisotopic (exact) mass is 597 g/mol. The van der Waals surface area contributed by atoms with Gasteiger partial charge in [0.05, 0.1) is 42.7 Å². The van der Waals surface area contributed by atoms with Crippen LogP contribution in [-0.4, -0.2) is 46.1 Å². The van der Waals surface area contributed by atoms with E-state index in [1.165, 1.54) is 0 Å². The highest BCUT2D eigenvalue weighted by Crippen LogP contribution is 2.34. The summed E-state index contributed by atoms with van der Waals surface area (Å²) in [5.74, 6) is 1.32. The van der Waals surface area contributed by atoms with Crippen molar-refractivity contribution in [3.63, 3.8) is 0 Å². The average molecular weight is 598 g/mol. The van der Waals surface area contributed by atoms with Gasteiger partial charge in [-0.15, -0.1) is 0 Å². The zero-order chi connectivity index (χ0) is 31.6. The molecule has 230 valence electrons. The molecule has 42 heavy (non-hydrogen) atoms. The first-order chi connectivity index (χ1) is 19.8. The number of benzene rings is 1. The highest BCUT2D eigenvalue weighted by atomic mass is 35.5. The normalized spacial score (nSPS) is 16.7. The Morgan fingerprint density at radius 3 is 2.52 bits per heavy atom. The number of aliphatic imine (C=N–C) groups is 1. The number of aromatic amines is 1. The van der Waals surface area contributed by atoms with Gasteiger partial charge in [-0.3, -0.25) is 9.79 Å². The molecule has 1 aromatic heterocycles. The Balaban J connectivity index is 0.000000928. The number of rotatable bonds is 11. The van der Waals surface area contributed by atoms with Crippen LogP contribution in [0, 0.1) is 17.8 Å². The van der Waals surface area contributed by atoms with Crippen molar-refractivity contribution in [1.82, 2.24) is 10.2 Å². The lowest BCUT2D eigenvalue weighted by atomic mass is 9.83. The predicted molar refractivity (Wildman–Crippen MR) is 173 cm³/mol. The molecule has 0 saturated heterocycles. The molecule has 0 spiro atoms.